The fourth-order valence-electron chi connectivity index (χ4n) is 13.7. The maximum atomic E-state index is 15.7. The zero-order chi connectivity index (χ0) is 85.8. The molecule has 1 aliphatic rings. The monoisotopic (exact) mass is 1810 g/mol. The summed E-state index contributed by atoms with van der Waals surface area (Å²) in [5, 5.41) is 0. The van der Waals surface area contributed by atoms with Crippen molar-refractivity contribution in [2.24, 2.45) is 0 Å². The molecular formula is C83H39BCuF28FeN7O-. The van der Waals surface area contributed by atoms with Crippen LogP contribution in [0.15, 0.2) is 170 Å². The van der Waals surface area contributed by atoms with E-state index in [4.69, 9.17) is 0 Å². The summed E-state index contributed by atoms with van der Waals surface area (Å²) in [5.74, 6) is -80.1. The Bertz CT molecular complexity index is 5280. The summed E-state index contributed by atoms with van der Waals surface area (Å²) in [4.78, 5) is 29.5. The van der Waals surface area contributed by atoms with Crippen LogP contribution in [0.4, 0.5) is 123 Å². The van der Waals surface area contributed by atoms with Crippen molar-refractivity contribution in [3.05, 3.63) is 436 Å². The molecule has 0 spiro atoms. The number of likely N-dealkylation sites (N-methyl/N-ethyl adjacent to an activating group) is 1. The SMILES string of the molecule is CN(CCc1ccccn1)CCc1ccccn1.Fc1c(F)c(F)c([B-](c2c(F)c(F)c(F)c(F)c2F)(c2c(F)c(F)c(F)c(F)c2F)c2c(F)c(F)c(F)c(F)c2F)c(F)c1F.Fc1cccc(F)c1[C+]1c2ccc([n-]2)[C+](c2c(F)cccc2F)c2ccc([n-]2)[C+](c2c(F)cccc2F)c2ccc([n-]2)[C+](c2c(F)cccc2F)c2ccc1[n-]2.[Cu+2].[Fe].[O-2]. The molecule has 1 aliphatic heterocycles. The van der Waals surface area contributed by atoms with Crippen LogP contribution in [0.2, 0.25) is 0 Å². The minimum absolute atomic E-state index is 0. The largest absolute Gasteiger partial charge is 2.00 e. The molecule has 0 unspecified atom stereocenters. The Balaban J connectivity index is 0.000000211. The van der Waals surface area contributed by atoms with Gasteiger partial charge in [0.25, 0.3) is 0 Å². The Morgan fingerprint density at radius 3 is 0.590 bits per heavy atom. The maximum Gasteiger partial charge on any atom is 2.00 e. The van der Waals surface area contributed by atoms with Gasteiger partial charge in [-0.25, -0.2) is 87.8 Å². The van der Waals surface area contributed by atoms with E-state index in [-0.39, 0.29) is 109 Å². The summed E-state index contributed by atoms with van der Waals surface area (Å²) in [6.45, 7) is 2.06. The van der Waals surface area contributed by atoms with E-state index < -0.39 is 213 Å². The van der Waals surface area contributed by atoms with Gasteiger partial charge in [-0.1, -0.05) is 12.1 Å². The van der Waals surface area contributed by atoms with Crippen LogP contribution in [0.1, 0.15) is 79.2 Å². The molecule has 8 aromatic carbocycles. The van der Waals surface area contributed by atoms with Gasteiger partial charge < -0.3 is 30.3 Å². The van der Waals surface area contributed by atoms with E-state index in [9.17, 15) is 52.7 Å². The number of pyridine rings is 2. The molecule has 631 valence electrons. The average molecular weight is 1810 g/mol. The first-order chi connectivity index (χ1) is 56.6. The van der Waals surface area contributed by atoms with Crippen molar-refractivity contribution in [1.82, 2.24) is 34.8 Å². The van der Waals surface area contributed by atoms with Crippen molar-refractivity contribution in [1.29, 1.82) is 0 Å². The molecule has 14 aromatic rings. The molecule has 0 fully saturated rings. The number of hydrogen-bond donors (Lipinski definition) is 0. The maximum absolute atomic E-state index is 15.7. The third kappa shape index (κ3) is 16.4. The Hall–Kier alpha value is -12.3. The Kier molecular flexibility index (Phi) is 27.9. The van der Waals surface area contributed by atoms with E-state index in [1.807, 2.05) is 36.7 Å². The van der Waals surface area contributed by atoms with Gasteiger partial charge in [-0.3, -0.25) is 9.97 Å². The van der Waals surface area contributed by atoms with Crippen molar-refractivity contribution in [2.45, 2.75) is 12.8 Å². The molecule has 0 N–H and O–H groups in total. The molecule has 0 atom stereocenters. The Labute approximate surface area is 690 Å². The standard InChI is InChI=1S/C44H20F8N4.C24BF20.C15H19N3.Cu.Fe.O/c45-21-5-1-6-22(46)37(21)41-29-13-15-31(53-29)42(38-23(47)7-2-8-24(38)48)33-17-19-35(55-33)44(40-27(51)11-4-12-28(40)52)36-20-18-34(56-36)43(32-16-14-30(41)54-32)39-25(49)9-3-10-26(39)50;26-5-1(6(27)14(35)21(42)13(5)34)25(2-7(28)15(36)22(43)16(37)8(2)29,3-9(30)17(38)23(44)18(39)10(3)31)4-11(32)19(40)24(45)20(41)12(4)33;1-18(12-8-14-6-2-4-10-16-14)13-9-15-7-3-5-11-17-15;;;/h1-20H;;2-7,10-11H,8-9,12-13H2,1H3;;;/q;-1;;+2;;-2. The fraction of sp³-hybridized carbons (Fsp3) is 0.0602. The van der Waals surface area contributed by atoms with Crippen molar-refractivity contribution in [3.8, 4) is 0 Å². The van der Waals surface area contributed by atoms with E-state index in [2.05, 4.69) is 54.0 Å². The molecule has 0 amide bonds. The molecule has 0 saturated heterocycles. The smallest absolute Gasteiger partial charge is 2.00 e. The van der Waals surface area contributed by atoms with Gasteiger partial charge in [0.05, 0.1) is 0 Å². The van der Waals surface area contributed by atoms with E-state index in [0.29, 0.717) is 0 Å². The van der Waals surface area contributed by atoms with E-state index in [0.717, 1.165) is 110 Å². The third-order valence-electron chi connectivity index (χ3n) is 19.1. The average Bonchev–Trinajstić information content (AvgIpc) is 0.833. The van der Waals surface area contributed by atoms with Crippen molar-refractivity contribution in [3.63, 3.8) is 0 Å². The number of aromatic nitrogens is 6. The normalized spacial score (nSPS) is 11.9. The number of benzene rings is 8. The van der Waals surface area contributed by atoms with Crippen molar-refractivity contribution in [2.75, 3.05) is 20.1 Å². The molecule has 7 heterocycles. The van der Waals surface area contributed by atoms with Crippen LogP contribution in [0.25, 0.3) is 0 Å². The minimum atomic E-state index is -7.22. The summed E-state index contributed by atoms with van der Waals surface area (Å²) in [6.07, 6.45) is -1.52. The second kappa shape index (κ2) is 37.0. The number of nitrogens with zero attached hydrogens (tertiary/aromatic N) is 7. The number of fused-ring (bicyclic) bond motifs is 8. The molecule has 122 heavy (non-hydrogen) atoms. The quantitative estimate of drug-likeness (QED) is 0.0350. The molecule has 0 saturated carbocycles. The Morgan fingerprint density at radius 2 is 0.426 bits per heavy atom. The first-order valence-corrected chi connectivity index (χ1v) is 34.2. The van der Waals surface area contributed by atoms with Crippen LogP contribution in [-0.2, 0) is 52.5 Å². The van der Waals surface area contributed by atoms with Crippen LogP contribution in [0.5, 0.6) is 0 Å². The van der Waals surface area contributed by atoms with Crippen LogP contribution >= 0.6 is 0 Å². The molecular weight excluding hydrogens is 1770 g/mol. The molecule has 8 bridgehead atoms. The molecule has 15 rings (SSSR count). The number of hydrogen-bond acceptors (Lipinski definition) is 3. The van der Waals surface area contributed by atoms with Crippen molar-refractivity contribution >= 4 is 28.0 Å². The minimum Gasteiger partial charge on any atom is -2.00 e. The third-order valence-corrected chi connectivity index (χ3v) is 19.1. The van der Waals surface area contributed by atoms with Gasteiger partial charge in [-0.05, 0) is 101 Å². The summed E-state index contributed by atoms with van der Waals surface area (Å²) in [5.41, 5.74) is -14.9. The van der Waals surface area contributed by atoms with Crippen LogP contribution in [0.3, 0.4) is 0 Å². The van der Waals surface area contributed by atoms with E-state index >= 15 is 70.2 Å². The van der Waals surface area contributed by atoms with Crippen LogP contribution < -0.4 is 41.8 Å². The first-order valence-electron chi connectivity index (χ1n) is 34.2. The van der Waals surface area contributed by atoms with Gasteiger partial charge in [0.2, 0.25) is 0 Å². The first kappa shape index (κ1) is 92.0. The summed E-state index contributed by atoms with van der Waals surface area (Å²) in [7, 11) is 2.14. The zero-order valence-corrected chi connectivity index (χ0v) is 62.4. The predicted molar refractivity (Wildman–Crippen MR) is 370 cm³/mol. The molecule has 8 nitrogen and oxygen atoms in total. The summed E-state index contributed by atoms with van der Waals surface area (Å²) >= 11 is 0. The van der Waals surface area contributed by atoms with Gasteiger partial charge >= 0.3 is 17.1 Å². The van der Waals surface area contributed by atoms with Crippen LogP contribution in [-0.4, -0.2) is 41.2 Å². The zero-order valence-electron chi connectivity index (χ0n) is 60.3. The van der Waals surface area contributed by atoms with Gasteiger partial charge in [0.1, 0.15) is 74.9 Å². The van der Waals surface area contributed by atoms with Crippen LogP contribution in [0, 0.1) is 187 Å². The van der Waals surface area contributed by atoms with E-state index in [1.165, 1.54) is 48.5 Å². The number of halogens is 28. The fourth-order valence-corrected chi connectivity index (χ4v) is 13.7. The topological polar surface area (TPSA) is 114 Å². The predicted octanol–water partition coefficient (Wildman–Crippen LogP) is 16.9. The van der Waals surface area contributed by atoms with Crippen molar-refractivity contribution < 1.29 is 163 Å². The second-order valence-electron chi connectivity index (χ2n) is 26.0. The summed E-state index contributed by atoms with van der Waals surface area (Å²) < 4.78 is 419. The number of rotatable bonds is 14. The molecule has 0 aliphatic carbocycles. The van der Waals surface area contributed by atoms with Gasteiger partial charge in [-0.15, -0.1) is 21.9 Å². The molecule has 1 radical (unpaired) electrons. The van der Waals surface area contributed by atoms with Gasteiger partial charge in [-0.2, -0.15) is 35.1 Å². The van der Waals surface area contributed by atoms with E-state index in [1.54, 1.807) is 0 Å². The van der Waals surface area contributed by atoms with Gasteiger partial charge in [0, 0.05) is 188 Å². The molecule has 39 heteroatoms. The molecule has 6 aromatic heterocycles. The van der Waals surface area contributed by atoms with Gasteiger partial charge in [0.15, 0.2) is 116 Å². The second-order valence-corrected chi connectivity index (χ2v) is 26.0. The summed E-state index contributed by atoms with van der Waals surface area (Å²) in [6, 6.07) is 35.9. The Morgan fingerprint density at radius 1 is 0.254 bits per heavy atom.